The number of quaternary nitrogens is 1. The molecule has 0 heterocycles. The molecule has 0 rings (SSSR count). The van der Waals surface area contributed by atoms with Crippen LogP contribution in [0.3, 0.4) is 0 Å². The van der Waals surface area contributed by atoms with E-state index >= 15 is 0 Å². The molecule has 0 aliphatic carbocycles. The van der Waals surface area contributed by atoms with Crippen molar-refractivity contribution in [1.29, 1.82) is 0 Å². The van der Waals surface area contributed by atoms with Gasteiger partial charge in [0.25, 0.3) is 0 Å². The normalized spacial score (nSPS) is 15.0. The van der Waals surface area contributed by atoms with Crippen LogP contribution in [0.5, 0.6) is 0 Å². The number of carbonyl (C=O) groups is 1. The number of carbonyl (C=O) groups excluding carboxylic acids is 1. The number of rotatable bonds is 46. The second-order valence-corrected chi connectivity index (χ2v) is 20.0. The Balaban J connectivity index is 3.83. The maximum Gasteiger partial charge on any atom is 0.472 e. The van der Waals surface area contributed by atoms with Crippen molar-refractivity contribution in [2.75, 3.05) is 40.9 Å². The highest BCUT2D eigenvalue weighted by molar-refractivity contribution is 7.47. The number of aliphatic hydroxyl groups excluding tert-OH is 1. The quantitative estimate of drug-likeness (QED) is 0.0243. The average Bonchev–Trinajstić information content (AvgIpc) is 3.29. The lowest BCUT2D eigenvalue weighted by Gasteiger charge is -2.25. The molecule has 0 aliphatic heterocycles. The smallest absolute Gasteiger partial charge is 0.387 e. The Labute approximate surface area is 412 Å². The monoisotopic (exact) mass is 952 g/mol. The van der Waals surface area contributed by atoms with Gasteiger partial charge in [-0.3, -0.25) is 13.8 Å². The molecule has 0 aromatic heterocycles. The molecule has 67 heavy (non-hydrogen) atoms. The summed E-state index contributed by atoms with van der Waals surface area (Å²) in [4.78, 5) is 22.9. The molecule has 0 fully saturated rings. The molecule has 0 aromatic carbocycles. The first-order valence-electron chi connectivity index (χ1n) is 26.4. The standard InChI is InChI=1S/C58H99N2O6P/c1-6-8-10-12-13-14-15-16-17-18-19-20-21-22-23-24-25-26-27-28-29-30-31-32-33-34-35-36-37-38-39-40-41-42-43-44-45-46-47-48-50-52-58(62)59-56(57(61)51-49-11-9-7-2)55-66-67(63,64)65-54-53-60(3,4)5/h8,10,13-14,16-17,19-20,22-23,25-26,28-29,31-32,34-35,49,51,56-57,61H,6-7,9,11-12,15,18,21,24,27,30,33,36-48,50,52-55H2,1-5H3,(H-,59,62,63,64)/p+1/b10-8-,14-13-,17-16-,20-19-,23-22-,26-25-,29-28-,32-31-,35-34-,51-49+. The van der Waals surface area contributed by atoms with Crippen molar-refractivity contribution >= 4 is 13.7 Å². The number of phosphoric ester groups is 1. The molecule has 0 spiro atoms. The molecule has 0 radical (unpaired) electrons. The van der Waals surface area contributed by atoms with Crippen LogP contribution in [-0.2, 0) is 18.4 Å². The maximum absolute atomic E-state index is 12.8. The van der Waals surface area contributed by atoms with Gasteiger partial charge in [-0.05, 0) is 83.5 Å². The Hall–Kier alpha value is -3.10. The van der Waals surface area contributed by atoms with E-state index in [1.54, 1.807) is 6.08 Å². The SMILES string of the molecule is CC/C=C\C/C=C\C/C=C\C/C=C\C/C=C\C/C=C\C/C=C\C/C=C\C/C=C\CCCCCCCCCCCCCCCC(=O)NC(COP(=O)(O)OCC[N+](C)(C)C)C(O)/C=C/CCCC. The van der Waals surface area contributed by atoms with Gasteiger partial charge >= 0.3 is 7.82 Å². The van der Waals surface area contributed by atoms with Crippen LogP contribution in [0.4, 0.5) is 0 Å². The largest absolute Gasteiger partial charge is 0.472 e. The Morgan fingerprint density at radius 3 is 1.30 bits per heavy atom. The van der Waals surface area contributed by atoms with Crippen LogP contribution in [0.1, 0.15) is 187 Å². The zero-order valence-corrected chi connectivity index (χ0v) is 44.2. The number of phosphoric acid groups is 1. The third kappa shape index (κ3) is 50.6. The van der Waals surface area contributed by atoms with E-state index < -0.39 is 20.0 Å². The lowest BCUT2D eigenvalue weighted by molar-refractivity contribution is -0.870. The molecule has 0 saturated carbocycles. The first-order chi connectivity index (χ1) is 32.5. The second-order valence-electron chi connectivity index (χ2n) is 18.5. The predicted molar refractivity (Wildman–Crippen MR) is 290 cm³/mol. The minimum atomic E-state index is -4.33. The summed E-state index contributed by atoms with van der Waals surface area (Å²) in [5.41, 5.74) is 0. The summed E-state index contributed by atoms with van der Waals surface area (Å²) in [7, 11) is 1.55. The van der Waals surface area contributed by atoms with Crippen molar-refractivity contribution in [1.82, 2.24) is 5.32 Å². The van der Waals surface area contributed by atoms with Gasteiger partial charge in [-0.1, -0.05) is 219 Å². The summed E-state index contributed by atoms with van der Waals surface area (Å²) in [6.45, 7) is 4.52. The fourth-order valence-electron chi connectivity index (χ4n) is 6.78. The Kier molecular flexibility index (Phi) is 45.7. The van der Waals surface area contributed by atoms with Crippen LogP contribution in [0, 0.1) is 0 Å². The van der Waals surface area contributed by atoms with Crippen molar-refractivity contribution in [2.45, 2.75) is 199 Å². The predicted octanol–water partition coefficient (Wildman–Crippen LogP) is 15.8. The van der Waals surface area contributed by atoms with E-state index in [4.69, 9.17) is 9.05 Å². The number of nitrogens with one attached hydrogen (secondary N) is 1. The van der Waals surface area contributed by atoms with Gasteiger partial charge in [0.15, 0.2) is 0 Å². The Morgan fingerprint density at radius 2 is 0.896 bits per heavy atom. The minimum Gasteiger partial charge on any atom is -0.387 e. The summed E-state index contributed by atoms with van der Waals surface area (Å²) in [6.07, 6.45) is 72.3. The van der Waals surface area contributed by atoms with Gasteiger partial charge in [-0.2, -0.15) is 0 Å². The number of hydrogen-bond acceptors (Lipinski definition) is 5. The highest BCUT2D eigenvalue weighted by Crippen LogP contribution is 2.43. The summed E-state index contributed by atoms with van der Waals surface area (Å²) in [5, 5.41) is 13.6. The van der Waals surface area contributed by atoms with Crippen LogP contribution < -0.4 is 5.32 Å². The number of unbranched alkanes of at least 4 members (excludes halogenated alkanes) is 15. The third-order valence-electron chi connectivity index (χ3n) is 10.9. The Bertz CT molecular complexity index is 1500. The highest BCUT2D eigenvalue weighted by atomic mass is 31.2. The third-order valence-corrected chi connectivity index (χ3v) is 11.9. The molecular formula is C58H100N2O6P+. The van der Waals surface area contributed by atoms with Gasteiger partial charge in [0.05, 0.1) is 39.9 Å². The molecule has 0 aromatic rings. The number of aliphatic hydroxyl groups is 1. The van der Waals surface area contributed by atoms with Crippen molar-refractivity contribution in [3.63, 3.8) is 0 Å². The van der Waals surface area contributed by atoms with Crippen LogP contribution >= 0.6 is 7.82 Å². The molecule has 3 unspecified atom stereocenters. The van der Waals surface area contributed by atoms with Crippen molar-refractivity contribution in [2.24, 2.45) is 0 Å². The number of nitrogens with zero attached hydrogens (tertiary/aromatic N) is 1. The summed E-state index contributed by atoms with van der Waals surface area (Å²) in [6, 6.07) is -0.849. The summed E-state index contributed by atoms with van der Waals surface area (Å²) < 4.78 is 23.3. The lowest BCUT2D eigenvalue weighted by atomic mass is 10.0. The summed E-state index contributed by atoms with van der Waals surface area (Å²) >= 11 is 0. The van der Waals surface area contributed by atoms with E-state index in [2.05, 4.69) is 129 Å². The Morgan fingerprint density at radius 1 is 0.522 bits per heavy atom. The van der Waals surface area contributed by atoms with Gasteiger partial charge < -0.3 is 19.8 Å². The van der Waals surface area contributed by atoms with E-state index in [0.717, 1.165) is 96.3 Å². The topological polar surface area (TPSA) is 105 Å². The molecule has 0 bridgehead atoms. The number of hydrogen-bond donors (Lipinski definition) is 3. The fourth-order valence-corrected chi connectivity index (χ4v) is 7.52. The first-order valence-corrected chi connectivity index (χ1v) is 27.9. The zero-order valence-electron chi connectivity index (χ0n) is 43.3. The molecule has 3 N–H and O–H groups in total. The summed E-state index contributed by atoms with van der Waals surface area (Å²) in [5.74, 6) is -0.194. The van der Waals surface area contributed by atoms with Gasteiger partial charge in [-0.15, -0.1) is 0 Å². The van der Waals surface area contributed by atoms with Gasteiger partial charge in [0.1, 0.15) is 13.2 Å². The van der Waals surface area contributed by atoms with Gasteiger partial charge in [-0.25, -0.2) is 4.57 Å². The minimum absolute atomic E-state index is 0.0553. The molecule has 0 aliphatic rings. The molecule has 9 heteroatoms. The molecule has 0 saturated heterocycles. The average molecular weight is 952 g/mol. The van der Waals surface area contributed by atoms with E-state index in [1.165, 1.54) is 70.6 Å². The van der Waals surface area contributed by atoms with E-state index in [0.29, 0.717) is 17.4 Å². The molecule has 3 atom stereocenters. The van der Waals surface area contributed by atoms with Crippen molar-refractivity contribution in [3.05, 3.63) is 122 Å². The molecule has 8 nitrogen and oxygen atoms in total. The first kappa shape index (κ1) is 63.9. The number of likely N-dealkylation sites (N-methyl/N-ethyl adjacent to an activating group) is 1. The maximum atomic E-state index is 12.8. The number of allylic oxidation sites excluding steroid dienone is 19. The van der Waals surface area contributed by atoms with E-state index in [9.17, 15) is 19.4 Å². The second kappa shape index (κ2) is 47.9. The van der Waals surface area contributed by atoms with E-state index in [-0.39, 0.29) is 19.1 Å². The van der Waals surface area contributed by atoms with Crippen molar-refractivity contribution < 1.29 is 32.9 Å². The van der Waals surface area contributed by atoms with Crippen LogP contribution in [0.2, 0.25) is 0 Å². The lowest BCUT2D eigenvalue weighted by Crippen LogP contribution is -2.45. The molecule has 382 valence electrons. The van der Waals surface area contributed by atoms with Crippen LogP contribution in [0.25, 0.3) is 0 Å². The number of amides is 1. The molecule has 1 amide bonds. The van der Waals surface area contributed by atoms with Crippen LogP contribution in [0.15, 0.2) is 122 Å². The van der Waals surface area contributed by atoms with Gasteiger partial charge in [0.2, 0.25) is 5.91 Å². The van der Waals surface area contributed by atoms with E-state index in [1.807, 2.05) is 27.2 Å². The van der Waals surface area contributed by atoms with Crippen molar-refractivity contribution in [3.8, 4) is 0 Å². The van der Waals surface area contributed by atoms with Gasteiger partial charge in [0, 0.05) is 6.42 Å². The zero-order chi connectivity index (χ0) is 49.2. The fraction of sp³-hybridized carbons (Fsp3) is 0.638. The highest BCUT2D eigenvalue weighted by Gasteiger charge is 2.27. The molecular weight excluding hydrogens is 852 g/mol. The van der Waals surface area contributed by atoms with Crippen LogP contribution in [-0.4, -0.2) is 73.4 Å².